The van der Waals surface area contributed by atoms with E-state index in [4.69, 9.17) is 5.11 Å². The van der Waals surface area contributed by atoms with Crippen molar-refractivity contribution in [1.82, 2.24) is 4.90 Å². The van der Waals surface area contributed by atoms with Gasteiger partial charge in [0.25, 0.3) is 0 Å². The maximum absolute atomic E-state index is 11.0. The van der Waals surface area contributed by atoms with E-state index >= 15 is 0 Å². The third-order valence-corrected chi connectivity index (χ3v) is 3.92. The zero-order valence-corrected chi connectivity index (χ0v) is 10.5. The number of benzene rings is 1. The number of thioether (sulfide) groups is 1. The monoisotopic (exact) mass is 251 g/mol. The third-order valence-electron chi connectivity index (χ3n) is 2.85. The van der Waals surface area contributed by atoms with E-state index in [1.54, 1.807) is 0 Å². The van der Waals surface area contributed by atoms with Crippen LogP contribution in [0.2, 0.25) is 0 Å². The van der Waals surface area contributed by atoms with Gasteiger partial charge in [0, 0.05) is 18.8 Å². The molecule has 0 radical (unpaired) electrons. The summed E-state index contributed by atoms with van der Waals surface area (Å²) in [5, 5.41) is 9.05. The fraction of sp³-hybridized carbons (Fsp3) is 0.462. The molecule has 1 atom stereocenters. The van der Waals surface area contributed by atoms with Crippen molar-refractivity contribution in [2.75, 3.05) is 18.8 Å². The first-order valence-corrected chi connectivity index (χ1v) is 7.01. The van der Waals surface area contributed by atoms with Gasteiger partial charge in [0.2, 0.25) is 0 Å². The summed E-state index contributed by atoms with van der Waals surface area (Å²) in [5.74, 6) is 1.19. The first-order chi connectivity index (χ1) is 8.27. The highest BCUT2D eigenvalue weighted by molar-refractivity contribution is 7.98. The maximum Gasteiger partial charge on any atom is 0.320 e. The van der Waals surface area contributed by atoms with Crippen molar-refractivity contribution in [3.8, 4) is 0 Å². The molecule has 1 aromatic carbocycles. The van der Waals surface area contributed by atoms with Gasteiger partial charge < -0.3 is 5.11 Å². The van der Waals surface area contributed by atoms with Gasteiger partial charge in [0.15, 0.2) is 0 Å². The predicted octanol–water partition coefficient (Wildman–Crippen LogP) is 2.08. The Morgan fingerprint density at radius 2 is 2.06 bits per heavy atom. The van der Waals surface area contributed by atoms with Crippen molar-refractivity contribution in [2.24, 2.45) is 0 Å². The van der Waals surface area contributed by atoms with Crippen molar-refractivity contribution in [3.05, 3.63) is 35.9 Å². The Morgan fingerprint density at radius 3 is 2.65 bits per heavy atom. The van der Waals surface area contributed by atoms with Crippen molar-refractivity contribution in [3.63, 3.8) is 0 Å². The van der Waals surface area contributed by atoms with Crippen molar-refractivity contribution in [2.45, 2.75) is 18.2 Å². The molecule has 2 rings (SSSR count). The third kappa shape index (κ3) is 4.06. The second kappa shape index (κ2) is 6.07. The normalized spacial score (nSPS) is 16.7. The first-order valence-electron chi connectivity index (χ1n) is 5.86. The SMILES string of the molecule is O=C(O)C(CCSCc1ccccc1)N1CC1. The van der Waals surface area contributed by atoms with Gasteiger partial charge in [-0.2, -0.15) is 11.8 Å². The van der Waals surface area contributed by atoms with Crippen LogP contribution in [0, 0.1) is 0 Å². The van der Waals surface area contributed by atoms with Crippen LogP contribution in [0.15, 0.2) is 30.3 Å². The molecule has 0 aromatic heterocycles. The second-order valence-electron chi connectivity index (χ2n) is 4.22. The van der Waals surface area contributed by atoms with Crippen molar-refractivity contribution < 1.29 is 9.90 Å². The molecule has 0 spiro atoms. The summed E-state index contributed by atoms with van der Waals surface area (Å²) in [5.41, 5.74) is 1.30. The van der Waals surface area contributed by atoms with Gasteiger partial charge in [-0.3, -0.25) is 9.69 Å². The summed E-state index contributed by atoms with van der Waals surface area (Å²) in [4.78, 5) is 13.0. The summed E-state index contributed by atoms with van der Waals surface area (Å²) >= 11 is 1.81. The Morgan fingerprint density at radius 1 is 1.35 bits per heavy atom. The first kappa shape index (κ1) is 12.5. The van der Waals surface area contributed by atoms with E-state index in [0.29, 0.717) is 0 Å². The van der Waals surface area contributed by atoms with Crippen LogP contribution in [0.25, 0.3) is 0 Å². The van der Waals surface area contributed by atoms with E-state index < -0.39 is 5.97 Å². The molecule has 1 heterocycles. The average molecular weight is 251 g/mol. The van der Waals surface area contributed by atoms with Gasteiger partial charge in [0.1, 0.15) is 6.04 Å². The van der Waals surface area contributed by atoms with Crippen LogP contribution < -0.4 is 0 Å². The van der Waals surface area contributed by atoms with Gasteiger partial charge in [-0.25, -0.2) is 0 Å². The minimum Gasteiger partial charge on any atom is -0.480 e. The van der Waals surface area contributed by atoms with Crippen LogP contribution >= 0.6 is 11.8 Å². The lowest BCUT2D eigenvalue weighted by molar-refractivity contribution is -0.141. The number of aliphatic carboxylic acids is 1. The van der Waals surface area contributed by atoms with E-state index in [1.165, 1.54) is 5.56 Å². The molecule has 17 heavy (non-hydrogen) atoms. The van der Waals surface area contributed by atoms with Gasteiger partial charge in [-0.15, -0.1) is 0 Å². The fourth-order valence-corrected chi connectivity index (χ4v) is 2.75. The summed E-state index contributed by atoms with van der Waals surface area (Å²) in [6.07, 6.45) is 0.743. The Hall–Kier alpha value is -1.00. The minimum absolute atomic E-state index is 0.265. The number of rotatable bonds is 7. The fourth-order valence-electron chi connectivity index (χ4n) is 1.79. The van der Waals surface area contributed by atoms with E-state index in [2.05, 4.69) is 12.1 Å². The Labute approximate surface area is 106 Å². The molecule has 4 heteroatoms. The van der Waals surface area contributed by atoms with Gasteiger partial charge in [-0.05, 0) is 17.7 Å². The van der Waals surface area contributed by atoms with Crippen molar-refractivity contribution in [1.29, 1.82) is 0 Å². The van der Waals surface area contributed by atoms with Gasteiger partial charge in [-0.1, -0.05) is 30.3 Å². The van der Waals surface area contributed by atoms with Crippen LogP contribution in [0.1, 0.15) is 12.0 Å². The molecule has 0 saturated carbocycles. The lowest BCUT2D eigenvalue weighted by Crippen LogP contribution is -2.29. The molecule has 1 aliphatic rings. The lowest BCUT2D eigenvalue weighted by Gasteiger charge is -2.12. The number of hydrogen-bond acceptors (Lipinski definition) is 3. The molecule has 1 N–H and O–H groups in total. The lowest BCUT2D eigenvalue weighted by atomic mass is 10.2. The molecule has 3 nitrogen and oxygen atoms in total. The molecule has 0 bridgehead atoms. The summed E-state index contributed by atoms with van der Waals surface area (Å²) in [6.45, 7) is 1.89. The standard InChI is InChI=1S/C13H17NO2S/c15-13(16)12(14-7-8-14)6-9-17-10-11-4-2-1-3-5-11/h1-5,12H,6-10H2,(H,15,16). The number of carboxylic acid groups (broad SMARTS) is 1. The highest BCUT2D eigenvalue weighted by Gasteiger charge is 2.32. The minimum atomic E-state index is -0.678. The molecule has 1 aromatic rings. The number of hydrogen-bond donors (Lipinski definition) is 1. The quantitative estimate of drug-likeness (QED) is 0.595. The Balaban J connectivity index is 1.67. The molecule has 1 unspecified atom stereocenters. The van der Waals surface area contributed by atoms with Crippen LogP contribution in [0.4, 0.5) is 0 Å². The molecule has 1 aliphatic heterocycles. The number of carboxylic acids is 1. The predicted molar refractivity (Wildman–Crippen MR) is 70.2 cm³/mol. The molecule has 0 aliphatic carbocycles. The summed E-state index contributed by atoms with van der Waals surface area (Å²) in [7, 11) is 0. The number of nitrogens with zero attached hydrogens (tertiary/aromatic N) is 1. The maximum atomic E-state index is 11.0. The van der Waals surface area contributed by atoms with E-state index in [9.17, 15) is 4.79 Å². The number of carbonyl (C=O) groups is 1. The van der Waals surface area contributed by atoms with E-state index in [0.717, 1.165) is 31.0 Å². The molecular formula is C13H17NO2S. The summed E-state index contributed by atoms with van der Waals surface area (Å²) < 4.78 is 0. The van der Waals surface area contributed by atoms with Crippen LogP contribution in [0.5, 0.6) is 0 Å². The van der Waals surface area contributed by atoms with Crippen molar-refractivity contribution >= 4 is 17.7 Å². The molecule has 0 amide bonds. The topological polar surface area (TPSA) is 40.3 Å². The Bertz CT molecular complexity index is 365. The second-order valence-corrected chi connectivity index (χ2v) is 5.32. The van der Waals surface area contributed by atoms with Crippen LogP contribution in [0.3, 0.4) is 0 Å². The van der Waals surface area contributed by atoms with Gasteiger partial charge >= 0.3 is 5.97 Å². The largest absolute Gasteiger partial charge is 0.480 e. The zero-order chi connectivity index (χ0) is 12.1. The molecule has 1 saturated heterocycles. The van der Waals surface area contributed by atoms with Crippen LogP contribution in [-0.2, 0) is 10.5 Å². The molecule has 1 fully saturated rings. The van der Waals surface area contributed by atoms with Gasteiger partial charge in [0.05, 0.1) is 0 Å². The highest BCUT2D eigenvalue weighted by atomic mass is 32.2. The molecule has 92 valence electrons. The molecular weight excluding hydrogens is 234 g/mol. The average Bonchev–Trinajstić information content (AvgIpc) is 3.14. The van der Waals surface area contributed by atoms with E-state index in [-0.39, 0.29) is 6.04 Å². The summed E-state index contributed by atoms with van der Waals surface area (Å²) in [6, 6.07) is 10.0. The van der Waals surface area contributed by atoms with E-state index in [1.807, 2.05) is 34.9 Å². The smallest absolute Gasteiger partial charge is 0.320 e. The Kier molecular flexibility index (Phi) is 4.45. The highest BCUT2D eigenvalue weighted by Crippen LogP contribution is 2.19. The zero-order valence-electron chi connectivity index (χ0n) is 9.71. The van der Waals surface area contributed by atoms with Crippen LogP contribution in [-0.4, -0.2) is 40.9 Å².